The monoisotopic (exact) mass is 438 g/mol. The predicted octanol–water partition coefficient (Wildman–Crippen LogP) is 2.88. The predicted molar refractivity (Wildman–Crippen MR) is 112 cm³/mol. The van der Waals surface area contributed by atoms with Crippen molar-refractivity contribution in [2.45, 2.75) is 19.4 Å². The van der Waals surface area contributed by atoms with Crippen molar-refractivity contribution in [3.63, 3.8) is 0 Å². The molecule has 0 bridgehead atoms. The number of carbonyl (C=O) groups excluding carboxylic acids is 1. The van der Waals surface area contributed by atoms with Gasteiger partial charge in [0.25, 0.3) is 0 Å². The molecule has 166 valence electrons. The number of amides is 1. The molecule has 32 heavy (non-hydrogen) atoms. The minimum atomic E-state index is -0.320. The number of aromatic nitrogens is 2. The number of ether oxygens (including phenoxy) is 2. The highest BCUT2D eigenvalue weighted by molar-refractivity contribution is 5.76. The number of hydrogen-bond acceptors (Lipinski definition) is 7. The third kappa shape index (κ3) is 4.57. The second-order valence-corrected chi connectivity index (χ2v) is 7.86. The minimum absolute atomic E-state index is 0.0780. The van der Waals surface area contributed by atoms with E-state index < -0.39 is 0 Å². The van der Waals surface area contributed by atoms with Crippen LogP contribution < -0.4 is 9.47 Å². The first kappa shape index (κ1) is 20.4. The molecule has 1 aromatic heterocycles. The van der Waals surface area contributed by atoms with E-state index in [2.05, 4.69) is 21.1 Å². The number of piperazine rings is 1. The van der Waals surface area contributed by atoms with E-state index in [4.69, 9.17) is 14.0 Å². The Labute approximate surface area is 184 Å². The van der Waals surface area contributed by atoms with Crippen LogP contribution in [0.4, 0.5) is 4.39 Å². The van der Waals surface area contributed by atoms with Crippen LogP contribution in [0.2, 0.25) is 0 Å². The van der Waals surface area contributed by atoms with Crippen molar-refractivity contribution in [2.24, 2.45) is 0 Å². The van der Waals surface area contributed by atoms with Crippen LogP contribution in [0.3, 0.4) is 0 Å². The molecule has 5 rings (SSSR count). The van der Waals surface area contributed by atoms with Crippen molar-refractivity contribution < 1.29 is 23.2 Å². The molecule has 3 aromatic rings. The molecule has 1 amide bonds. The van der Waals surface area contributed by atoms with E-state index in [-0.39, 0.29) is 18.5 Å². The molecule has 8 nitrogen and oxygen atoms in total. The summed E-state index contributed by atoms with van der Waals surface area (Å²) in [6.07, 6.45) is 0.692. The minimum Gasteiger partial charge on any atom is -0.454 e. The normalized spacial score (nSPS) is 15.8. The van der Waals surface area contributed by atoms with Gasteiger partial charge >= 0.3 is 0 Å². The summed E-state index contributed by atoms with van der Waals surface area (Å²) in [7, 11) is 0. The molecule has 1 saturated heterocycles. The van der Waals surface area contributed by atoms with Crippen molar-refractivity contribution >= 4 is 5.91 Å². The zero-order chi connectivity index (χ0) is 21.9. The fraction of sp³-hybridized carbons (Fsp3) is 0.348. The molecule has 0 radical (unpaired) electrons. The van der Waals surface area contributed by atoms with Crippen molar-refractivity contribution in [1.29, 1.82) is 0 Å². The molecule has 0 atom stereocenters. The summed E-state index contributed by atoms with van der Waals surface area (Å²) in [5.41, 5.74) is 1.84. The molecule has 1 fully saturated rings. The number of carbonyl (C=O) groups is 1. The maximum absolute atomic E-state index is 13.1. The van der Waals surface area contributed by atoms with Gasteiger partial charge in [-0.15, -0.1) is 0 Å². The van der Waals surface area contributed by atoms with Gasteiger partial charge in [-0.25, -0.2) is 4.39 Å². The van der Waals surface area contributed by atoms with Crippen molar-refractivity contribution in [2.75, 3.05) is 33.0 Å². The van der Waals surface area contributed by atoms with E-state index in [1.165, 1.54) is 17.7 Å². The van der Waals surface area contributed by atoms with E-state index in [1.807, 2.05) is 17.0 Å². The number of hydrogen-bond donors (Lipinski definition) is 0. The Bertz CT molecular complexity index is 1090. The molecule has 2 aliphatic rings. The summed E-state index contributed by atoms with van der Waals surface area (Å²) >= 11 is 0. The van der Waals surface area contributed by atoms with Crippen molar-refractivity contribution in [3.05, 3.63) is 59.7 Å². The molecule has 0 N–H and O–H groups in total. The topological polar surface area (TPSA) is 80.9 Å². The third-order valence-corrected chi connectivity index (χ3v) is 5.69. The number of nitrogens with zero attached hydrogens (tertiary/aromatic N) is 4. The Morgan fingerprint density at radius 1 is 1.00 bits per heavy atom. The summed E-state index contributed by atoms with van der Waals surface area (Å²) in [6.45, 7) is 4.09. The molecule has 0 saturated carbocycles. The number of fused-ring (bicyclic) bond motifs is 1. The highest BCUT2D eigenvalue weighted by atomic mass is 19.1. The second kappa shape index (κ2) is 8.96. The zero-order valence-electron chi connectivity index (χ0n) is 17.5. The maximum atomic E-state index is 13.1. The van der Waals surface area contributed by atoms with Crippen LogP contribution in [0.5, 0.6) is 11.5 Å². The third-order valence-electron chi connectivity index (χ3n) is 5.69. The van der Waals surface area contributed by atoms with E-state index in [1.54, 1.807) is 12.1 Å². The molecule has 0 spiro atoms. The molecule has 0 aliphatic carbocycles. The van der Waals surface area contributed by atoms with Gasteiger partial charge in [0.15, 0.2) is 11.5 Å². The van der Waals surface area contributed by atoms with Crippen LogP contribution in [0.15, 0.2) is 47.0 Å². The summed E-state index contributed by atoms with van der Waals surface area (Å²) < 4.78 is 29.1. The van der Waals surface area contributed by atoms with E-state index in [0.29, 0.717) is 43.2 Å². The molecule has 2 aliphatic heterocycles. The Morgan fingerprint density at radius 3 is 2.59 bits per heavy atom. The molecule has 9 heteroatoms. The lowest BCUT2D eigenvalue weighted by molar-refractivity contribution is -0.133. The molecule has 0 unspecified atom stereocenters. The largest absolute Gasteiger partial charge is 0.454 e. The summed E-state index contributed by atoms with van der Waals surface area (Å²) in [5, 5.41) is 3.92. The van der Waals surface area contributed by atoms with E-state index in [9.17, 15) is 9.18 Å². The van der Waals surface area contributed by atoms with E-state index in [0.717, 1.165) is 31.1 Å². The number of aryl methyl sites for hydroxylation is 1. The molecular formula is C23H23FN4O4. The Hall–Kier alpha value is -3.46. The Morgan fingerprint density at radius 2 is 1.78 bits per heavy atom. The Balaban J connectivity index is 1.08. The second-order valence-electron chi connectivity index (χ2n) is 7.86. The lowest BCUT2D eigenvalue weighted by Gasteiger charge is -2.34. The first-order chi connectivity index (χ1) is 15.6. The van der Waals surface area contributed by atoms with Crippen molar-refractivity contribution in [3.8, 4) is 22.9 Å². The van der Waals surface area contributed by atoms with Crippen LogP contribution in [0, 0.1) is 5.82 Å². The van der Waals surface area contributed by atoms with Gasteiger partial charge in [-0.1, -0.05) is 11.2 Å². The SMILES string of the molecule is O=C(CCc1nc(-c2ccc(F)cc2)no1)N1CCN(Cc2ccc3c(c2)OCO3)CC1. The van der Waals surface area contributed by atoms with E-state index >= 15 is 0 Å². The lowest BCUT2D eigenvalue weighted by atomic mass is 10.1. The highest BCUT2D eigenvalue weighted by Crippen LogP contribution is 2.32. The first-order valence-corrected chi connectivity index (χ1v) is 10.6. The fourth-order valence-electron chi connectivity index (χ4n) is 3.90. The van der Waals surface area contributed by atoms with Crippen LogP contribution in [-0.4, -0.2) is 58.8 Å². The maximum Gasteiger partial charge on any atom is 0.231 e. The summed E-state index contributed by atoms with van der Waals surface area (Å²) in [6, 6.07) is 11.9. The van der Waals surface area contributed by atoms with Gasteiger partial charge < -0.3 is 18.9 Å². The van der Waals surface area contributed by atoms with Crippen LogP contribution in [0.1, 0.15) is 17.9 Å². The molecular weight excluding hydrogens is 415 g/mol. The standard InChI is InChI=1S/C23H23FN4O4/c24-18-4-2-17(3-5-18)23-25-21(32-26-23)7-8-22(29)28-11-9-27(10-12-28)14-16-1-6-19-20(13-16)31-15-30-19/h1-6,13H,7-12,14-15H2. The Kier molecular flexibility index (Phi) is 5.72. The van der Waals surface area contributed by atoms with Crippen molar-refractivity contribution in [1.82, 2.24) is 19.9 Å². The molecule has 2 aromatic carbocycles. The van der Waals surface area contributed by atoms with Gasteiger partial charge in [-0.2, -0.15) is 4.98 Å². The van der Waals surface area contributed by atoms with Gasteiger partial charge in [0.2, 0.25) is 24.4 Å². The molecule has 3 heterocycles. The first-order valence-electron chi connectivity index (χ1n) is 10.6. The quantitative estimate of drug-likeness (QED) is 0.585. The number of halogens is 1. The van der Waals surface area contributed by atoms with Gasteiger partial charge in [0.1, 0.15) is 5.82 Å². The average Bonchev–Trinajstić information content (AvgIpc) is 3.48. The highest BCUT2D eigenvalue weighted by Gasteiger charge is 2.22. The van der Waals surface area contributed by atoms with Crippen LogP contribution in [-0.2, 0) is 17.8 Å². The van der Waals surface area contributed by atoms with Gasteiger partial charge in [-0.3, -0.25) is 9.69 Å². The summed E-state index contributed by atoms with van der Waals surface area (Å²) in [5.74, 6) is 2.13. The summed E-state index contributed by atoms with van der Waals surface area (Å²) in [4.78, 5) is 21.1. The van der Waals surface area contributed by atoms with Crippen LogP contribution in [0.25, 0.3) is 11.4 Å². The average molecular weight is 438 g/mol. The lowest BCUT2D eigenvalue weighted by Crippen LogP contribution is -2.48. The number of benzene rings is 2. The number of rotatable bonds is 6. The van der Waals surface area contributed by atoms with Gasteiger partial charge in [0.05, 0.1) is 0 Å². The smallest absolute Gasteiger partial charge is 0.231 e. The van der Waals surface area contributed by atoms with Gasteiger partial charge in [-0.05, 0) is 42.0 Å². The zero-order valence-corrected chi connectivity index (χ0v) is 17.5. The van der Waals surface area contributed by atoms with Crippen LogP contribution >= 0.6 is 0 Å². The van der Waals surface area contributed by atoms with Gasteiger partial charge in [0, 0.05) is 51.1 Å². The fourth-order valence-corrected chi connectivity index (χ4v) is 3.90.